The highest BCUT2D eigenvalue weighted by molar-refractivity contribution is 5.92. The molecule has 0 saturated heterocycles. The van der Waals surface area contributed by atoms with Crippen LogP contribution in [0.3, 0.4) is 0 Å². The standard InChI is InChI=1S/C18H18F2N6O/c1-2-26(10-13-3-6-14(19)9-16(13)20)11-17(27)21-15-7-4-12(5-8-15)18-22-24-25-23-18/h3-9H,2,10-11H2,1H3,(H,21,27)(H,22,23,24,25). The highest BCUT2D eigenvalue weighted by Crippen LogP contribution is 2.17. The van der Waals surface area contributed by atoms with Gasteiger partial charge in [-0.2, -0.15) is 5.21 Å². The van der Waals surface area contributed by atoms with Crippen molar-refractivity contribution in [3.8, 4) is 11.4 Å². The highest BCUT2D eigenvalue weighted by atomic mass is 19.1. The first kappa shape index (κ1) is 18.6. The minimum Gasteiger partial charge on any atom is -0.325 e. The Morgan fingerprint density at radius 2 is 1.96 bits per heavy atom. The van der Waals surface area contributed by atoms with Crippen LogP contribution in [0, 0.1) is 11.6 Å². The van der Waals surface area contributed by atoms with Crippen molar-refractivity contribution >= 4 is 11.6 Å². The van der Waals surface area contributed by atoms with Crippen molar-refractivity contribution in [2.24, 2.45) is 0 Å². The van der Waals surface area contributed by atoms with Gasteiger partial charge in [0.1, 0.15) is 11.6 Å². The molecule has 0 saturated carbocycles. The van der Waals surface area contributed by atoms with E-state index in [1.54, 1.807) is 29.2 Å². The number of hydrogen-bond acceptors (Lipinski definition) is 5. The van der Waals surface area contributed by atoms with Crippen LogP contribution in [0.2, 0.25) is 0 Å². The SMILES string of the molecule is CCN(CC(=O)Nc1ccc(-c2nn[nH]n2)cc1)Cc1ccc(F)cc1F. The molecule has 7 nitrogen and oxygen atoms in total. The number of nitrogens with one attached hydrogen (secondary N) is 2. The third kappa shape index (κ3) is 4.91. The number of amides is 1. The molecule has 0 unspecified atom stereocenters. The fourth-order valence-corrected chi connectivity index (χ4v) is 2.56. The minimum absolute atomic E-state index is 0.0832. The highest BCUT2D eigenvalue weighted by Gasteiger charge is 2.13. The summed E-state index contributed by atoms with van der Waals surface area (Å²) in [6.45, 7) is 2.71. The number of anilines is 1. The Balaban J connectivity index is 1.58. The number of nitrogens with zero attached hydrogens (tertiary/aromatic N) is 4. The number of carbonyl (C=O) groups is 1. The van der Waals surface area contributed by atoms with Gasteiger partial charge in [-0.25, -0.2) is 8.78 Å². The van der Waals surface area contributed by atoms with E-state index in [0.717, 1.165) is 11.6 Å². The molecule has 0 spiro atoms. The number of H-pyrrole nitrogens is 1. The fourth-order valence-electron chi connectivity index (χ4n) is 2.56. The maximum atomic E-state index is 13.8. The smallest absolute Gasteiger partial charge is 0.238 e. The predicted molar refractivity (Wildman–Crippen MR) is 95.6 cm³/mol. The van der Waals surface area contributed by atoms with E-state index in [0.29, 0.717) is 23.6 Å². The summed E-state index contributed by atoms with van der Waals surface area (Å²) < 4.78 is 26.8. The number of halogens is 2. The molecule has 3 aromatic rings. The van der Waals surface area contributed by atoms with Crippen LogP contribution in [0.1, 0.15) is 12.5 Å². The minimum atomic E-state index is -0.624. The lowest BCUT2D eigenvalue weighted by molar-refractivity contribution is -0.117. The van der Waals surface area contributed by atoms with Crippen molar-refractivity contribution in [3.05, 3.63) is 59.7 Å². The van der Waals surface area contributed by atoms with Gasteiger partial charge in [-0.15, -0.1) is 10.2 Å². The first-order chi connectivity index (χ1) is 13.0. The Kier molecular flexibility index (Phi) is 5.82. The van der Waals surface area contributed by atoms with Crippen LogP contribution in [-0.4, -0.2) is 44.5 Å². The molecule has 1 amide bonds. The van der Waals surface area contributed by atoms with Gasteiger partial charge >= 0.3 is 0 Å². The normalized spacial score (nSPS) is 11.0. The maximum absolute atomic E-state index is 13.8. The molecule has 2 aromatic carbocycles. The second-order valence-electron chi connectivity index (χ2n) is 5.90. The number of likely N-dealkylation sites (N-methyl/N-ethyl adjacent to an activating group) is 1. The summed E-state index contributed by atoms with van der Waals surface area (Å²) in [5, 5.41) is 16.4. The number of tetrazole rings is 1. The number of hydrogen-bond donors (Lipinski definition) is 2. The summed E-state index contributed by atoms with van der Waals surface area (Å²) in [4.78, 5) is 14.0. The lowest BCUT2D eigenvalue weighted by atomic mass is 10.2. The van der Waals surface area contributed by atoms with Crippen LogP contribution in [0.15, 0.2) is 42.5 Å². The molecule has 0 aliphatic carbocycles. The zero-order valence-corrected chi connectivity index (χ0v) is 14.6. The second kappa shape index (κ2) is 8.45. The molecule has 0 fully saturated rings. The van der Waals surface area contributed by atoms with Gasteiger partial charge in [-0.1, -0.05) is 13.0 Å². The predicted octanol–water partition coefficient (Wildman–Crippen LogP) is 2.61. The number of benzene rings is 2. The van der Waals surface area contributed by atoms with Crippen molar-refractivity contribution in [1.29, 1.82) is 0 Å². The summed E-state index contributed by atoms with van der Waals surface area (Å²) in [7, 11) is 0. The Hall–Kier alpha value is -3.20. The third-order valence-corrected chi connectivity index (χ3v) is 4.00. The average molecular weight is 372 g/mol. The van der Waals surface area contributed by atoms with E-state index in [1.807, 2.05) is 6.92 Å². The van der Waals surface area contributed by atoms with Crippen LogP contribution < -0.4 is 5.32 Å². The van der Waals surface area contributed by atoms with E-state index in [9.17, 15) is 13.6 Å². The molecule has 140 valence electrons. The van der Waals surface area contributed by atoms with Gasteiger partial charge < -0.3 is 5.32 Å². The summed E-state index contributed by atoms with van der Waals surface area (Å²) >= 11 is 0. The van der Waals surface area contributed by atoms with Gasteiger partial charge in [0.2, 0.25) is 11.7 Å². The van der Waals surface area contributed by atoms with Gasteiger partial charge in [0.25, 0.3) is 0 Å². The van der Waals surface area contributed by atoms with Crippen LogP contribution in [-0.2, 0) is 11.3 Å². The van der Waals surface area contributed by atoms with Crippen molar-refractivity contribution in [2.45, 2.75) is 13.5 Å². The van der Waals surface area contributed by atoms with E-state index in [1.165, 1.54) is 12.1 Å². The second-order valence-corrected chi connectivity index (χ2v) is 5.90. The van der Waals surface area contributed by atoms with E-state index >= 15 is 0 Å². The van der Waals surface area contributed by atoms with Crippen LogP contribution in [0.5, 0.6) is 0 Å². The van der Waals surface area contributed by atoms with Crippen molar-refractivity contribution < 1.29 is 13.6 Å². The molecule has 9 heteroatoms. The van der Waals surface area contributed by atoms with E-state index in [-0.39, 0.29) is 19.0 Å². The molecule has 1 heterocycles. The lowest BCUT2D eigenvalue weighted by Crippen LogP contribution is -2.33. The van der Waals surface area contributed by atoms with E-state index in [2.05, 4.69) is 25.9 Å². The first-order valence-electron chi connectivity index (χ1n) is 8.35. The maximum Gasteiger partial charge on any atom is 0.238 e. The molecular weight excluding hydrogens is 354 g/mol. The van der Waals surface area contributed by atoms with Gasteiger partial charge in [0.05, 0.1) is 6.54 Å². The first-order valence-corrected chi connectivity index (χ1v) is 8.35. The van der Waals surface area contributed by atoms with E-state index < -0.39 is 11.6 Å². The van der Waals surface area contributed by atoms with Gasteiger partial charge in [0.15, 0.2) is 0 Å². The van der Waals surface area contributed by atoms with Crippen molar-refractivity contribution in [2.75, 3.05) is 18.4 Å². The summed E-state index contributed by atoms with van der Waals surface area (Å²) in [6, 6.07) is 10.4. The fraction of sp³-hybridized carbons (Fsp3) is 0.222. The quantitative estimate of drug-likeness (QED) is 0.666. The molecule has 0 radical (unpaired) electrons. The molecule has 0 atom stereocenters. The zero-order valence-electron chi connectivity index (χ0n) is 14.6. The lowest BCUT2D eigenvalue weighted by Gasteiger charge is -2.20. The van der Waals surface area contributed by atoms with Gasteiger partial charge in [-0.05, 0) is 42.1 Å². The topological polar surface area (TPSA) is 86.8 Å². The van der Waals surface area contributed by atoms with Gasteiger partial charge in [0, 0.05) is 29.4 Å². The molecule has 27 heavy (non-hydrogen) atoms. The molecule has 3 rings (SSSR count). The summed E-state index contributed by atoms with van der Waals surface area (Å²) in [5.41, 5.74) is 1.73. The molecule has 1 aromatic heterocycles. The largest absolute Gasteiger partial charge is 0.325 e. The molecule has 0 aliphatic heterocycles. The molecular formula is C18H18F2N6O. The van der Waals surface area contributed by atoms with Crippen molar-refractivity contribution in [1.82, 2.24) is 25.5 Å². The summed E-state index contributed by atoms with van der Waals surface area (Å²) in [6.07, 6.45) is 0. The van der Waals surface area contributed by atoms with Crippen LogP contribution >= 0.6 is 0 Å². The Morgan fingerprint density at radius 1 is 1.19 bits per heavy atom. The number of aromatic nitrogens is 4. The monoisotopic (exact) mass is 372 g/mol. The number of rotatable bonds is 7. The average Bonchev–Trinajstić information content (AvgIpc) is 3.18. The number of carbonyl (C=O) groups excluding carboxylic acids is 1. The van der Waals surface area contributed by atoms with Gasteiger partial charge in [-0.3, -0.25) is 9.69 Å². The van der Waals surface area contributed by atoms with Crippen LogP contribution in [0.25, 0.3) is 11.4 Å². The summed E-state index contributed by atoms with van der Waals surface area (Å²) in [5.74, 6) is -1.01. The zero-order chi connectivity index (χ0) is 19.2. The van der Waals surface area contributed by atoms with Crippen LogP contribution in [0.4, 0.5) is 14.5 Å². The Bertz CT molecular complexity index is 899. The molecule has 0 aliphatic rings. The third-order valence-electron chi connectivity index (χ3n) is 4.00. The number of aromatic amines is 1. The van der Waals surface area contributed by atoms with E-state index in [4.69, 9.17) is 0 Å². The van der Waals surface area contributed by atoms with Crippen molar-refractivity contribution in [3.63, 3.8) is 0 Å². The Morgan fingerprint density at radius 3 is 2.59 bits per heavy atom. The molecule has 0 bridgehead atoms. The molecule has 2 N–H and O–H groups in total. The Labute approximate surface area is 154 Å².